The standard InChI is InChI=1S/C14H20FNO/c1-11-4-5-12(10-13(11)15)14(17)6-3-8-16(2)9-7-14/h4-5,10,17H,3,6-9H2,1-2H3. The zero-order valence-electron chi connectivity index (χ0n) is 10.5. The van der Waals surface area contributed by atoms with E-state index >= 15 is 0 Å². The summed E-state index contributed by atoms with van der Waals surface area (Å²) in [6.07, 6.45) is 2.33. The summed E-state index contributed by atoms with van der Waals surface area (Å²) in [5.41, 5.74) is 0.484. The molecule has 1 aromatic rings. The lowest BCUT2D eigenvalue weighted by Gasteiger charge is -2.27. The van der Waals surface area contributed by atoms with Crippen molar-refractivity contribution in [3.05, 3.63) is 35.1 Å². The monoisotopic (exact) mass is 237 g/mol. The van der Waals surface area contributed by atoms with E-state index in [1.54, 1.807) is 13.0 Å². The summed E-state index contributed by atoms with van der Waals surface area (Å²) in [7, 11) is 2.06. The first-order valence-corrected chi connectivity index (χ1v) is 6.19. The molecule has 1 atom stereocenters. The van der Waals surface area contributed by atoms with E-state index in [1.165, 1.54) is 6.07 Å². The summed E-state index contributed by atoms with van der Waals surface area (Å²) < 4.78 is 13.6. The van der Waals surface area contributed by atoms with Gasteiger partial charge in [0, 0.05) is 6.54 Å². The van der Waals surface area contributed by atoms with Gasteiger partial charge in [0.05, 0.1) is 5.60 Å². The van der Waals surface area contributed by atoms with Crippen molar-refractivity contribution in [2.24, 2.45) is 0 Å². The number of benzene rings is 1. The lowest BCUT2D eigenvalue weighted by Crippen LogP contribution is -2.27. The summed E-state index contributed by atoms with van der Waals surface area (Å²) >= 11 is 0. The highest BCUT2D eigenvalue weighted by Gasteiger charge is 2.31. The van der Waals surface area contributed by atoms with Crippen LogP contribution in [-0.4, -0.2) is 30.1 Å². The first-order chi connectivity index (χ1) is 8.01. The normalized spacial score (nSPS) is 26.8. The molecule has 1 unspecified atom stereocenters. The van der Waals surface area contributed by atoms with Gasteiger partial charge in [-0.15, -0.1) is 0 Å². The maximum absolute atomic E-state index is 13.6. The van der Waals surface area contributed by atoms with Crippen LogP contribution in [0.2, 0.25) is 0 Å². The van der Waals surface area contributed by atoms with Gasteiger partial charge in [-0.2, -0.15) is 0 Å². The van der Waals surface area contributed by atoms with E-state index in [2.05, 4.69) is 11.9 Å². The summed E-state index contributed by atoms with van der Waals surface area (Å²) in [6, 6.07) is 5.08. The van der Waals surface area contributed by atoms with Crippen molar-refractivity contribution in [3.8, 4) is 0 Å². The van der Waals surface area contributed by atoms with Crippen LogP contribution in [0, 0.1) is 12.7 Å². The van der Waals surface area contributed by atoms with Gasteiger partial charge >= 0.3 is 0 Å². The van der Waals surface area contributed by atoms with Crippen LogP contribution >= 0.6 is 0 Å². The minimum atomic E-state index is -0.862. The van der Waals surface area contributed by atoms with E-state index in [0.717, 1.165) is 25.1 Å². The van der Waals surface area contributed by atoms with Crippen molar-refractivity contribution < 1.29 is 9.50 Å². The summed E-state index contributed by atoms with van der Waals surface area (Å²) in [5, 5.41) is 10.7. The molecule has 1 fully saturated rings. The zero-order valence-corrected chi connectivity index (χ0v) is 10.5. The zero-order chi connectivity index (χ0) is 12.5. The molecule has 0 saturated carbocycles. The predicted octanol–water partition coefficient (Wildman–Crippen LogP) is 2.44. The second-order valence-corrected chi connectivity index (χ2v) is 5.15. The van der Waals surface area contributed by atoms with Crippen LogP contribution in [0.1, 0.15) is 30.4 Å². The smallest absolute Gasteiger partial charge is 0.126 e. The highest BCUT2D eigenvalue weighted by molar-refractivity contribution is 5.28. The second-order valence-electron chi connectivity index (χ2n) is 5.15. The first-order valence-electron chi connectivity index (χ1n) is 6.19. The molecule has 1 heterocycles. The van der Waals surface area contributed by atoms with Gasteiger partial charge in [0.15, 0.2) is 0 Å². The van der Waals surface area contributed by atoms with Crippen molar-refractivity contribution in [1.29, 1.82) is 0 Å². The van der Waals surface area contributed by atoms with Crippen molar-refractivity contribution in [1.82, 2.24) is 4.90 Å². The maximum atomic E-state index is 13.6. The van der Waals surface area contributed by atoms with E-state index in [-0.39, 0.29) is 5.82 Å². The van der Waals surface area contributed by atoms with Crippen molar-refractivity contribution >= 4 is 0 Å². The van der Waals surface area contributed by atoms with Crippen LogP contribution in [0.15, 0.2) is 18.2 Å². The number of hydrogen-bond donors (Lipinski definition) is 1. The van der Waals surface area contributed by atoms with Gasteiger partial charge in [-0.3, -0.25) is 0 Å². The lowest BCUT2D eigenvalue weighted by atomic mass is 9.86. The molecule has 0 aliphatic carbocycles. The second kappa shape index (κ2) is 4.75. The highest BCUT2D eigenvalue weighted by atomic mass is 19.1. The molecule has 1 saturated heterocycles. The lowest BCUT2D eigenvalue weighted by molar-refractivity contribution is 0.0215. The molecular weight excluding hydrogens is 217 g/mol. The van der Waals surface area contributed by atoms with Gasteiger partial charge in [-0.25, -0.2) is 4.39 Å². The highest BCUT2D eigenvalue weighted by Crippen LogP contribution is 2.33. The van der Waals surface area contributed by atoms with Gasteiger partial charge in [0.2, 0.25) is 0 Å². The molecule has 0 amide bonds. The Balaban J connectivity index is 2.27. The average molecular weight is 237 g/mol. The minimum Gasteiger partial charge on any atom is -0.385 e. The number of nitrogens with zero attached hydrogens (tertiary/aromatic N) is 1. The molecule has 1 aliphatic heterocycles. The predicted molar refractivity (Wildman–Crippen MR) is 66.4 cm³/mol. The van der Waals surface area contributed by atoms with Crippen LogP contribution in [0.5, 0.6) is 0 Å². The first kappa shape index (κ1) is 12.5. The Labute approximate surface area is 102 Å². The molecule has 0 spiro atoms. The summed E-state index contributed by atoms with van der Waals surface area (Å²) in [4.78, 5) is 2.21. The number of halogens is 1. The van der Waals surface area contributed by atoms with Crippen LogP contribution in [0.4, 0.5) is 4.39 Å². The number of aryl methyl sites for hydroxylation is 1. The van der Waals surface area contributed by atoms with Crippen molar-refractivity contribution in [2.45, 2.75) is 31.8 Å². The van der Waals surface area contributed by atoms with Gasteiger partial charge in [0.25, 0.3) is 0 Å². The molecule has 1 N–H and O–H groups in total. The number of aliphatic hydroxyl groups is 1. The molecule has 2 nitrogen and oxygen atoms in total. The fourth-order valence-corrected chi connectivity index (χ4v) is 2.43. The number of rotatable bonds is 1. The minimum absolute atomic E-state index is 0.228. The maximum Gasteiger partial charge on any atom is 0.126 e. The van der Waals surface area contributed by atoms with E-state index in [1.807, 2.05) is 6.07 Å². The molecule has 94 valence electrons. The number of likely N-dealkylation sites (tertiary alicyclic amines) is 1. The molecule has 1 aliphatic rings. The van der Waals surface area contributed by atoms with Crippen LogP contribution < -0.4 is 0 Å². The summed E-state index contributed by atoms with van der Waals surface area (Å²) in [5.74, 6) is -0.228. The van der Waals surface area contributed by atoms with E-state index in [4.69, 9.17) is 0 Å². The molecule has 17 heavy (non-hydrogen) atoms. The van der Waals surface area contributed by atoms with Gasteiger partial charge < -0.3 is 10.0 Å². The molecule has 0 aromatic heterocycles. The Morgan fingerprint density at radius 2 is 2.06 bits per heavy atom. The van der Waals surface area contributed by atoms with Gasteiger partial charge in [-0.05, 0) is 57.0 Å². The van der Waals surface area contributed by atoms with E-state index in [9.17, 15) is 9.50 Å². The van der Waals surface area contributed by atoms with Crippen molar-refractivity contribution in [3.63, 3.8) is 0 Å². The Bertz CT molecular complexity index is 407. The van der Waals surface area contributed by atoms with E-state index < -0.39 is 5.60 Å². The topological polar surface area (TPSA) is 23.5 Å². The fourth-order valence-electron chi connectivity index (χ4n) is 2.43. The molecule has 0 bridgehead atoms. The van der Waals surface area contributed by atoms with Gasteiger partial charge in [-0.1, -0.05) is 12.1 Å². The summed E-state index contributed by atoms with van der Waals surface area (Å²) in [6.45, 7) is 3.59. The molecule has 2 rings (SSSR count). The third-order valence-electron chi connectivity index (χ3n) is 3.75. The quantitative estimate of drug-likeness (QED) is 0.811. The Morgan fingerprint density at radius 3 is 2.76 bits per heavy atom. The van der Waals surface area contributed by atoms with Gasteiger partial charge in [0.1, 0.15) is 5.82 Å². The molecular formula is C14H20FNO. The SMILES string of the molecule is Cc1ccc(C2(O)CCCN(C)CC2)cc1F. The Morgan fingerprint density at radius 1 is 1.29 bits per heavy atom. The third kappa shape index (κ3) is 2.67. The molecule has 0 radical (unpaired) electrons. The molecule has 3 heteroatoms. The molecule has 1 aromatic carbocycles. The largest absolute Gasteiger partial charge is 0.385 e. The van der Waals surface area contributed by atoms with Crippen molar-refractivity contribution in [2.75, 3.05) is 20.1 Å². The van der Waals surface area contributed by atoms with E-state index in [0.29, 0.717) is 18.4 Å². The average Bonchev–Trinajstić information content (AvgIpc) is 2.46. The Kier molecular flexibility index (Phi) is 3.50. The third-order valence-corrected chi connectivity index (χ3v) is 3.75. The van der Waals surface area contributed by atoms with Crippen LogP contribution in [0.3, 0.4) is 0 Å². The fraction of sp³-hybridized carbons (Fsp3) is 0.571. The number of hydrogen-bond acceptors (Lipinski definition) is 2. The van der Waals surface area contributed by atoms with Crippen LogP contribution in [0.25, 0.3) is 0 Å². The van der Waals surface area contributed by atoms with Crippen LogP contribution in [-0.2, 0) is 5.60 Å². The Hall–Kier alpha value is -0.930.